The lowest BCUT2D eigenvalue weighted by Gasteiger charge is -2.15. The molecule has 0 radical (unpaired) electrons. The van der Waals surface area contributed by atoms with Gasteiger partial charge in [-0.1, -0.05) is 48.5 Å². The highest BCUT2D eigenvalue weighted by molar-refractivity contribution is 6.00. The van der Waals surface area contributed by atoms with E-state index in [1.165, 1.54) is 6.20 Å². The Kier molecular flexibility index (Phi) is 7.17. The Hall–Kier alpha value is -4.20. The summed E-state index contributed by atoms with van der Waals surface area (Å²) in [5.41, 5.74) is 4.81. The lowest BCUT2D eigenvalue weighted by atomic mass is 9.98. The molecule has 0 saturated heterocycles. The van der Waals surface area contributed by atoms with Crippen molar-refractivity contribution in [3.8, 4) is 11.1 Å². The number of hydrogen-bond donors (Lipinski definition) is 3. The SMILES string of the molecule is O=C(O)CCCCNC(=O)c1ncccc1NC(=O)OCC1c2ccccc2-c2ccccc21. The van der Waals surface area contributed by atoms with Crippen LogP contribution in [0.5, 0.6) is 0 Å². The molecule has 3 aromatic rings. The molecule has 2 amide bonds. The second kappa shape index (κ2) is 10.6. The number of unbranched alkanes of at least 4 members (excludes halogenated alkanes) is 1. The molecule has 1 aromatic heterocycles. The van der Waals surface area contributed by atoms with Gasteiger partial charge in [0.2, 0.25) is 0 Å². The van der Waals surface area contributed by atoms with Crippen LogP contribution in [0.25, 0.3) is 11.1 Å². The summed E-state index contributed by atoms with van der Waals surface area (Å²) in [7, 11) is 0. The van der Waals surface area contributed by atoms with E-state index in [1.807, 2.05) is 36.4 Å². The molecule has 34 heavy (non-hydrogen) atoms. The lowest BCUT2D eigenvalue weighted by molar-refractivity contribution is -0.137. The Balaban J connectivity index is 1.36. The van der Waals surface area contributed by atoms with Gasteiger partial charge in [0.1, 0.15) is 6.61 Å². The largest absolute Gasteiger partial charge is 0.481 e. The molecule has 2 aromatic carbocycles. The number of anilines is 1. The maximum absolute atomic E-state index is 12.6. The molecule has 0 unspecified atom stereocenters. The highest BCUT2D eigenvalue weighted by Crippen LogP contribution is 2.44. The number of amides is 2. The number of nitrogens with one attached hydrogen (secondary N) is 2. The molecule has 1 aliphatic rings. The number of fused-ring (bicyclic) bond motifs is 3. The fourth-order valence-corrected chi connectivity index (χ4v) is 4.12. The third-order valence-electron chi connectivity index (χ3n) is 5.71. The third kappa shape index (κ3) is 5.23. The van der Waals surface area contributed by atoms with Crippen molar-refractivity contribution in [2.45, 2.75) is 25.2 Å². The summed E-state index contributed by atoms with van der Waals surface area (Å²) >= 11 is 0. The van der Waals surface area contributed by atoms with E-state index in [0.717, 1.165) is 22.3 Å². The van der Waals surface area contributed by atoms with Crippen molar-refractivity contribution in [3.63, 3.8) is 0 Å². The summed E-state index contributed by atoms with van der Waals surface area (Å²) < 4.78 is 5.55. The molecular weight excluding hydrogens is 434 g/mol. The van der Waals surface area contributed by atoms with Gasteiger partial charge in [0.15, 0.2) is 5.69 Å². The van der Waals surface area contributed by atoms with Gasteiger partial charge in [-0.3, -0.25) is 14.9 Å². The van der Waals surface area contributed by atoms with Crippen LogP contribution in [0, 0.1) is 0 Å². The number of carbonyl (C=O) groups is 3. The van der Waals surface area contributed by atoms with Gasteiger partial charge in [-0.15, -0.1) is 0 Å². The first-order chi connectivity index (χ1) is 16.5. The van der Waals surface area contributed by atoms with E-state index in [2.05, 4.69) is 27.8 Å². The predicted octanol–water partition coefficient (Wildman–Crippen LogP) is 4.43. The van der Waals surface area contributed by atoms with E-state index in [-0.39, 0.29) is 30.3 Å². The molecule has 1 aliphatic carbocycles. The second-order valence-electron chi connectivity index (χ2n) is 7.96. The average Bonchev–Trinajstić information content (AvgIpc) is 3.16. The van der Waals surface area contributed by atoms with Crippen molar-refractivity contribution in [1.82, 2.24) is 10.3 Å². The minimum atomic E-state index is -0.870. The first-order valence-corrected chi connectivity index (χ1v) is 11.1. The number of nitrogens with zero attached hydrogens (tertiary/aromatic N) is 1. The smallest absolute Gasteiger partial charge is 0.411 e. The number of aliphatic carboxylic acids is 1. The minimum Gasteiger partial charge on any atom is -0.481 e. The van der Waals surface area contributed by atoms with Crippen molar-refractivity contribution in [3.05, 3.63) is 83.7 Å². The van der Waals surface area contributed by atoms with E-state index in [1.54, 1.807) is 12.1 Å². The molecule has 3 N–H and O–H groups in total. The molecule has 8 nitrogen and oxygen atoms in total. The van der Waals surface area contributed by atoms with Gasteiger partial charge >= 0.3 is 12.1 Å². The molecule has 0 fully saturated rings. The fourth-order valence-electron chi connectivity index (χ4n) is 4.12. The van der Waals surface area contributed by atoms with Gasteiger partial charge < -0.3 is 15.2 Å². The zero-order chi connectivity index (χ0) is 23.9. The molecule has 0 bridgehead atoms. The standard InChI is InChI=1S/C26H25N3O5/c30-23(31)13-5-6-14-28-25(32)24-22(12-7-15-27-24)29-26(33)34-16-21-19-10-3-1-8-17(19)18-9-2-4-11-20(18)21/h1-4,7-12,15,21H,5-6,13-14,16H2,(H,28,32)(H,29,33)(H,30,31). The minimum absolute atomic E-state index is 0.0497. The number of ether oxygens (including phenoxy) is 1. The molecule has 4 rings (SSSR count). The fraction of sp³-hybridized carbons (Fsp3) is 0.231. The first-order valence-electron chi connectivity index (χ1n) is 11.1. The van der Waals surface area contributed by atoms with Crippen LogP contribution in [-0.2, 0) is 9.53 Å². The normalized spacial score (nSPS) is 11.9. The lowest BCUT2D eigenvalue weighted by Crippen LogP contribution is -2.27. The Labute approximate surface area is 197 Å². The number of pyridine rings is 1. The Morgan fingerprint density at radius 2 is 1.59 bits per heavy atom. The second-order valence-corrected chi connectivity index (χ2v) is 7.96. The summed E-state index contributed by atoms with van der Waals surface area (Å²) in [6.07, 6.45) is 1.82. The van der Waals surface area contributed by atoms with Crippen molar-refractivity contribution in [2.75, 3.05) is 18.5 Å². The van der Waals surface area contributed by atoms with Gasteiger partial charge in [0.25, 0.3) is 5.91 Å². The summed E-state index contributed by atoms with van der Waals surface area (Å²) in [6.45, 7) is 0.471. The molecule has 0 saturated carbocycles. The van der Waals surface area contributed by atoms with Crippen molar-refractivity contribution in [2.24, 2.45) is 0 Å². The molecular formula is C26H25N3O5. The Bertz CT molecular complexity index is 1160. The van der Waals surface area contributed by atoms with E-state index in [0.29, 0.717) is 19.4 Å². The van der Waals surface area contributed by atoms with Crippen LogP contribution in [0.15, 0.2) is 66.9 Å². The van der Waals surface area contributed by atoms with Crippen LogP contribution in [0.3, 0.4) is 0 Å². The quantitative estimate of drug-likeness (QED) is 0.408. The van der Waals surface area contributed by atoms with Crippen LogP contribution in [0.2, 0.25) is 0 Å². The monoisotopic (exact) mass is 459 g/mol. The van der Waals surface area contributed by atoms with Crippen LogP contribution in [0.4, 0.5) is 10.5 Å². The zero-order valence-corrected chi connectivity index (χ0v) is 18.5. The highest BCUT2D eigenvalue weighted by Gasteiger charge is 2.29. The number of carboxylic acid groups (broad SMARTS) is 1. The first kappa shape index (κ1) is 23.0. The van der Waals surface area contributed by atoms with Crippen molar-refractivity contribution >= 4 is 23.7 Å². The van der Waals surface area contributed by atoms with Crippen LogP contribution in [0.1, 0.15) is 46.8 Å². The number of aromatic nitrogens is 1. The van der Waals surface area contributed by atoms with E-state index >= 15 is 0 Å². The van der Waals surface area contributed by atoms with Gasteiger partial charge in [-0.05, 0) is 47.2 Å². The number of benzene rings is 2. The number of carboxylic acids is 1. The van der Waals surface area contributed by atoms with Gasteiger partial charge in [-0.2, -0.15) is 0 Å². The molecule has 174 valence electrons. The summed E-state index contributed by atoms with van der Waals surface area (Å²) in [5, 5.41) is 14.0. The molecule has 1 heterocycles. The van der Waals surface area contributed by atoms with Crippen molar-refractivity contribution in [1.29, 1.82) is 0 Å². The summed E-state index contributed by atoms with van der Waals surface area (Å²) in [6, 6.07) is 19.3. The summed E-state index contributed by atoms with van der Waals surface area (Å²) in [5.74, 6) is -1.39. The molecule has 8 heteroatoms. The van der Waals surface area contributed by atoms with Gasteiger partial charge in [0, 0.05) is 25.1 Å². The number of carbonyl (C=O) groups excluding carboxylic acids is 2. The summed E-state index contributed by atoms with van der Waals surface area (Å²) in [4.78, 5) is 39.7. The Morgan fingerprint density at radius 1 is 0.912 bits per heavy atom. The van der Waals surface area contributed by atoms with Crippen LogP contribution < -0.4 is 10.6 Å². The molecule has 0 atom stereocenters. The highest BCUT2D eigenvalue weighted by atomic mass is 16.5. The van der Waals surface area contributed by atoms with Gasteiger partial charge in [-0.25, -0.2) is 9.78 Å². The molecule has 0 aliphatic heterocycles. The number of hydrogen-bond acceptors (Lipinski definition) is 5. The topological polar surface area (TPSA) is 118 Å². The Morgan fingerprint density at radius 3 is 2.26 bits per heavy atom. The number of rotatable bonds is 9. The van der Waals surface area contributed by atoms with E-state index in [4.69, 9.17) is 9.84 Å². The average molecular weight is 460 g/mol. The zero-order valence-electron chi connectivity index (χ0n) is 18.5. The predicted molar refractivity (Wildman–Crippen MR) is 127 cm³/mol. The maximum atomic E-state index is 12.6. The van der Waals surface area contributed by atoms with E-state index < -0.39 is 18.0 Å². The third-order valence-corrected chi connectivity index (χ3v) is 5.71. The van der Waals surface area contributed by atoms with Crippen LogP contribution >= 0.6 is 0 Å². The maximum Gasteiger partial charge on any atom is 0.411 e. The van der Waals surface area contributed by atoms with Crippen molar-refractivity contribution < 1.29 is 24.2 Å². The molecule has 0 spiro atoms. The van der Waals surface area contributed by atoms with E-state index in [9.17, 15) is 14.4 Å². The van der Waals surface area contributed by atoms with Crippen LogP contribution in [-0.4, -0.2) is 41.2 Å². The van der Waals surface area contributed by atoms with Gasteiger partial charge in [0.05, 0.1) is 5.69 Å².